The number of benzene rings is 1. The van der Waals surface area contributed by atoms with Crippen molar-refractivity contribution >= 4 is 5.97 Å². The smallest absolute Gasteiger partial charge is 0.339 e. The van der Waals surface area contributed by atoms with Crippen LogP contribution in [0.4, 0.5) is 4.39 Å². The van der Waals surface area contributed by atoms with Crippen molar-refractivity contribution < 1.29 is 33.2 Å². The van der Waals surface area contributed by atoms with Gasteiger partial charge in [-0.1, -0.05) is 0 Å². The lowest BCUT2D eigenvalue weighted by molar-refractivity contribution is -0.153. The van der Waals surface area contributed by atoms with Crippen molar-refractivity contribution in [2.24, 2.45) is 0 Å². The molecule has 2 rings (SSSR count). The molecule has 1 atom stereocenters. The van der Waals surface area contributed by atoms with Crippen LogP contribution in [0.1, 0.15) is 18.6 Å². The maximum absolute atomic E-state index is 14.2. The van der Waals surface area contributed by atoms with Gasteiger partial charge in [-0.15, -0.1) is 0 Å². The number of aliphatic hydroxyl groups is 1. The predicted molar refractivity (Wildman–Crippen MR) is 60.7 cm³/mol. The molecule has 0 spiro atoms. The SMILES string of the molecule is CCOC(=O)C(O)c1c(F)c(OC)cc2c1OCO2. The van der Waals surface area contributed by atoms with Crippen LogP contribution in [0.3, 0.4) is 0 Å². The van der Waals surface area contributed by atoms with Crippen LogP contribution in [0.15, 0.2) is 6.07 Å². The molecule has 0 aliphatic carbocycles. The van der Waals surface area contributed by atoms with Gasteiger partial charge < -0.3 is 24.1 Å². The Kier molecular flexibility index (Phi) is 3.75. The Morgan fingerprint density at radius 1 is 1.58 bits per heavy atom. The maximum atomic E-state index is 14.2. The van der Waals surface area contributed by atoms with E-state index in [2.05, 4.69) is 4.74 Å². The molecule has 0 saturated carbocycles. The van der Waals surface area contributed by atoms with Gasteiger partial charge in [-0.3, -0.25) is 0 Å². The average Bonchev–Trinajstić information content (AvgIpc) is 2.85. The largest absolute Gasteiger partial charge is 0.494 e. The van der Waals surface area contributed by atoms with Gasteiger partial charge in [0.25, 0.3) is 0 Å². The molecule has 0 bridgehead atoms. The van der Waals surface area contributed by atoms with E-state index in [1.807, 2.05) is 0 Å². The fourth-order valence-electron chi connectivity index (χ4n) is 1.75. The summed E-state index contributed by atoms with van der Waals surface area (Å²) >= 11 is 0. The Bertz CT molecular complexity index is 501. The second-order valence-corrected chi connectivity index (χ2v) is 3.69. The molecular weight excluding hydrogens is 259 g/mol. The van der Waals surface area contributed by atoms with Crippen LogP contribution in [0.2, 0.25) is 0 Å². The maximum Gasteiger partial charge on any atom is 0.339 e. The van der Waals surface area contributed by atoms with Gasteiger partial charge in [-0.2, -0.15) is 0 Å². The molecule has 1 unspecified atom stereocenters. The summed E-state index contributed by atoms with van der Waals surface area (Å²) in [7, 11) is 1.27. The molecular formula is C12H13FO6. The van der Waals surface area contributed by atoms with E-state index in [1.54, 1.807) is 6.92 Å². The summed E-state index contributed by atoms with van der Waals surface area (Å²) in [5.41, 5.74) is -0.342. The number of esters is 1. The van der Waals surface area contributed by atoms with Crippen molar-refractivity contribution in [3.05, 3.63) is 17.4 Å². The molecule has 0 fully saturated rings. The first kappa shape index (κ1) is 13.4. The van der Waals surface area contributed by atoms with Crippen LogP contribution >= 0.6 is 0 Å². The van der Waals surface area contributed by atoms with E-state index in [0.717, 1.165) is 0 Å². The highest BCUT2D eigenvalue weighted by Crippen LogP contribution is 2.44. The van der Waals surface area contributed by atoms with Crippen LogP contribution in [-0.2, 0) is 9.53 Å². The molecule has 1 aliphatic heterocycles. The second-order valence-electron chi connectivity index (χ2n) is 3.69. The van der Waals surface area contributed by atoms with Gasteiger partial charge in [0.1, 0.15) is 0 Å². The zero-order valence-electron chi connectivity index (χ0n) is 10.4. The van der Waals surface area contributed by atoms with Gasteiger partial charge >= 0.3 is 5.97 Å². The number of halogens is 1. The number of carbonyl (C=O) groups excluding carboxylic acids is 1. The summed E-state index contributed by atoms with van der Waals surface area (Å²) < 4.78 is 33.8. The first-order valence-electron chi connectivity index (χ1n) is 5.60. The van der Waals surface area contributed by atoms with E-state index in [0.29, 0.717) is 0 Å². The van der Waals surface area contributed by atoms with Gasteiger partial charge in [0, 0.05) is 6.07 Å². The Balaban J connectivity index is 2.49. The zero-order chi connectivity index (χ0) is 14.0. The normalized spacial score (nSPS) is 14.1. The highest BCUT2D eigenvalue weighted by atomic mass is 19.1. The minimum Gasteiger partial charge on any atom is -0.494 e. The van der Waals surface area contributed by atoms with E-state index in [-0.39, 0.29) is 36.2 Å². The monoisotopic (exact) mass is 272 g/mol. The molecule has 0 radical (unpaired) electrons. The summed E-state index contributed by atoms with van der Waals surface area (Å²) in [6.07, 6.45) is -1.80. The molecule has 6 nitrogen and oxygen atoms in total. The predicted octanol–water partition coefficient (Wildman–Crippen LogP) is 1.16. The number of hydrogen-bond donors (Lipinski definition) is 1. The molecule has 1 N–H and O–H groups in total. The summed E-state index contributed by atoms with van der Waals surface area (Å²) in [6.45, 7) is 1.53. The lowest BCUT2D eigenvalue weighted by atomic mass is 10.1. The van der Waals surface area contributed by atoms with Gasteiger partial charge in [0.2, 0.25) is 6.79 Å². The quantitative estimate of drug-likeness (QED) is 0.829. The van der Waals surface area contributed by atoms with Crippen molar-refractivity contribution in [3.8, 4) is 17.2 Å². The topological polar surface area (TPSA) is 74.2 Å². The molecule has 0 aromatic heterocycles. The summed E-state index contributed by atoms with van der Waals surface area (Å²) in [4.78, 5) is 11.5. The highest BCUT2D eigenvalue weighted by molar-refractivity contribution is 5.78. The molecule has 104 valence electrons. The third-order valence-electron chi connectivity index (χ3n) is 2.60. The number of aliphatic hydroxyl groups excluding tert-OH is 1. The number of rotatable bonds is 4. The Labute approximate surface area is 108 Å². The van der Waals surface area contributed by atoms with Crippen molar-refractivity contribution in [3.63, 3.8) is 0 Å². The van der Waals surface area contributed by atoms with E-state index in [1.165, 1.54) is 13.2 Å². The van der Waals surface area contributed by atoms with Crippen LogP contribution < -0.4 is 14.2 Å². The van der Waals surface area contributed by atoms with E-state index in [9.17, 15) is 14.3 Å². The number of hydrogen-bond acceptors (Lipinski definition) is 6. The van der Waals surface area contributed by atoms with Gasteiger partial charge in [-0.25, -0.2) is 9.18 Å². The van der Waals surface area contributed by atoms with Gasteiger partial charge in [-0.05, 0) is 6.92 Å². The van der Waals surface area contributed by atoms with Crippen LogP contribution in [0, 0.1) is 5.82 Å². The standard InChI is InChI=1S/C12H13FO6/c1-3-17-12(15)10(14)8-9(13)6(16-2)4-7-11(8)19-5-18-7/h4,10,14H,3,5H2,1-2H3. The van der Waals surface area contributed by atoms with Crippen LogP contribution in [0.25, 0.3) is 0 Å². The fourth-order valence-corrected chi connectivity index (χ4v) is 1.75. The average molecular weight is 272 g/mol. The van der Waals surface area contributed by atoms with Gasteiger partial charge in [0.05, 0.1) is 19.3 Å². The number of carbonyl (C=O) groups is 1. The van der Waals surface area contributed by atoms with Gasteiger partial charge in [0.15, 0.2) is 29.2 Å². The summed E-state index contributed by atoms with van der Waals surface area (Å²) in [5, 5.41) is 9.88. The molecule has 1 heterocycles. The van der Waals surface area contributed by atoms with Crippen molar-refractivity contribution in [1.82, 2.24) is 0 Å². The molecule has 1 aromatic carbocycles. The van der Waals surface area contributed by atoms with E-state index < -0.39 is 17.9 Å². The summed E-state index contributed by atoms with van der Waals surface area (Å²) in [6, 6.07) is 1.29. The Hall–Kier alpha value is -2.02. The third kappa shape index (κ3) is 2.28. The minimum absolute atomic E-state index is 0.0150. The summed E-state index contributed by atoms with van der Waals surface area (Å²) in [5.74, 6) is -1.81. The van der Waals surface area contributed by atoms with Crippen molar-refractivity contribution in [2.75, 3.05) is 20.5 Å². The molecule has 19 heavy (non-hydrogen) atoms. The lowest BCUT2D eigenvalue weighted by Gasteiger charge is -2.15. The second kappa shape index (κ2) is 5.31. The number of fused-ring (bicyclic) bond motifs is 1. The molecule has 7 heteroatoms. The molecule has 0 saturated heterocycles. The molecule has 0 amide bonds. The van der Waals surface area contributed by atoms with Crippen molar-refractivity contribution in [1.29, 1.82) is 0 Å². The first-order chi connectivity index (χ1) is 9.10. The van der Waals surface area contributed by atoms with Crippen LogP contribution in [-0.4, -0.2) is 31.6 Å². The van der Waals surface area contributed by atoms with E-state index >= 15 is 0 Å². The highest BCUT2D eigenvalue weighted by Gasteiger charge is 2.33. The molecule has 1 aromatic rings. The Morgan fingerprint density at radius 3 is 2.95 bits per heavy atom. The first-order valence-corrected chi connectivity index (χ1v) is 5.60. The number of ether oxygens (including phenoxy) is 4. The van der Waals surface area contributed by atoms with Crippen LogP contribution in [0.5, 0.6) is 17.2 Å². The van der Waals surface area contributed by atoms with Crippen molar-refractivity contribution in [2.45, 2.75) is 13.0 Å². The minimum atomic E-state index is -1.80. The third-order valence-corrected chi connectivity index (χ3v) is 2.60. The molecule has 1 aliphatic rings. The lowest BCUT2D eigenvalue weighted by Crippen LogP contribution is -2.17. The van der Waals surface area contributed by atoms with E-state index in [4.69, 9.17) is 14.2 Å². The zero-order valence-corrected chi connectivity index (χ0v) is 10.4. The number of methoxy groups -OCH3 is 1. The fraction of sp³-hybridized carbons (Fsp3) is 0.417. The Morgan fingerprint density at radius 2 is 2.32 bits per heavy atom.